The van der Waals surface area contributed by atoms with E-state index in [4.69, 9.17) is 14.2 Å². The molecule has 4 rings (SSSR count). The van der Waals surface area contributed by atoms with Crippen LogP contribution in [0, 0.1) is 6.92 Å². The minimum absolute atomic E-state index is 0.0111. The largest absolute Gasteiger partial charge is 0.503 e. The van der Waals surface area contributed by atoms with Crippen LogP contribution in [-0.2, 0) is 14.3 Å². The number of aryl methyl sites for hydroxylation is 1. The van der Waals surface area contributed by atoms with Crippen molar-refractivity contribution in [2.45, 2.75) is 13.0 Å². The van der Waals surface area contributed by atoms with Gasteiger partial charge in [-0.25, -0.2) is 9.78 Å². The molecule has 10 heteroatoms. The van der Waals surface area contributed by atoms with E-state index in [-0.39, 0.29) is 22.2 Å². The first-order valence-electron chi connectivity index (χ1n) is 11.8. The van der Waals surface area contributed by atoms with Gasteiger partial charge in [0.25, 0.3) is 5.91 Å². The topological polar surface area (TPSA) is 115 Å². The van der Waals surface area contributed by atoms with Gasteiger partial charge in [-0.1, -0.05) is 66.5 Å². The molecular weight excluding hydrogens is 520 g/mol. The van der Waals surface area contributed by atoms with Gasteiger partial charge in [0, 0.05) is 0 Å². The number of thiazole rings is 1. The Balaban J connectivity index is 1.82. The lowest BCUT2D eigenvalue weighted by Gasteiger charge is -2.25. The second kappa shape index (κ2) is 11.8. The normalized spacial score (nSPS) is 15.1. The standard InChI is InChI=1S/C29H26N2O7S/c1-5-15-38-28(35)26-17(2)30-29(39-26)31-24(19-12-14-21(36-3)22(16-19)37-4)23(25(33)27(31)34)20(32)13-11-18-9-7-6-8-10-18/h5-14,16,24,33H,1,15H2,2-4H3/b13-11+/t24-/m1/s1. The van der Waals surface area contributed by atoms with E-state index in [0.717, 1.165) is 16.9 Å². The summed E-state index contributed by atoms with van der Waals surface area (Å²) in [4.78, 5) is 45.3. The molecule has 1 aliphatic rings. The summed E-state index contributed by atoms with van der Waals surface area (Å²) in [5.74, 6) is -1.91. The van der Waals surface area contributed by atoms with E-state index in [9.17, 15) is 19.5 Å². The van der Waals surface area contributed by atoms with Crippen molar-refractivity contribution < 1.29 is 33.7 Å². The number of methoxy groups -OCH3 is 2. The van der Waals surface area contributed by atoms with Gasteiger partial charge in [0.05, 0.1) is 31.5 Å². The second-order valence-corrected chi connectivity index (χ2v) is 9.34. The van der Waals surface area contributed by atoms with Crippen molar-refractivity contribution in [1.29, 1.82) is 0 Å². The van der Waals surface area contributed by atoms with Crippen LogP contribution in [0.25, 0.3) is 6.08 Å². The number of esters is 1. The minimum Gasteiger partial charge on any atom is -0.503 e. The molecule has 0 radical (unpaired) electrons. The first-order valence-corrected chi connectivity index (χ1v) is 12.6. The Morgan fingerprint density at radius 2 is 1.85 bits per heavy atom. The quantitative estimate of drug-likeness (QED) is 0.215. The van der Waals surface area contributed by atoms with E-state index >= 15 is 0 Å². The Kier molecular flexibility index (Phi) is 8.26. The van der Waals surface area contributed by atoms with E-state index in [1.165, 1.54) is 31.3 Å². The van der Waals surface area contributed by atoms with Crippen molar-refractivity contribution in [2.75, 3.05) is 25.7 Å². The summed E-state index contributed by atoms with van der Waals surface area (Å²) in [7, 11) is 2.95. The number of nitrogens with zero attached hydrogens (tertiary/aromatic N) is 2. The molecule has 0 saturated carbocycles. The average molecular weight is 547 g/mol. The predicted molar refractivity (Wildman–Crippen MR) is 147 cm³/mol. The molecule has 1 aromatic heterocycles. The summed E-state index contributed by atoms with van der Waals surface area (Å²) in [6.07, 6.45) is 4.34. The molecular formula is C29H26N2O7S. The number of carbonyl (C=O) groups is 3. The van der Waals surface area contributed by atoms with Gasteiger partial charge in [-0.2, -0.15) is 0 Å². The van der Waals surface area contributed by atoms with Crippen LogP contribution >= 0.6 is 11.3 Å². The predicted octanol–water partition coefficient (Wildman–Crippen LogP) is 4.99. The maximum atomic E-state index is 13.5. The minimum atomic E-state index is -1.06. The van der Waals surface area contributed by atoms with Crippen LogP contribution < -0.4 is 14.4 Å². The number of carbonyl (C=O) groups excluding carboxylic acids is 3. The van der Waals surface area contributed by atoms with Crippen molar-refractivity contribution in [2.24, 2.45) is 0 Å². The zero-order valence-corrected chi connectivity index (χ0v) is 22.4. The van der Waals surface area contributed by atoms with Crippen LogP contribution in [0.3, 0.4) is 0 Å². The van der Waals surface area contributed by atoms with Crippen LogP contribution in [-0.4, -0.2) is 48.6 Å². The fraction of sp³-hybridized carbons (Fsp3) is 0.172. The highest BCUT2D eigenvalue weighted by atomic mass is 32.1. The first-order chi connectivity index (χ1) is 18.8. The number of benzene rings is 2. The van der Waals surface area contributed by atoms with E-state index in [2.05, 4.69) is 11.6 Å². The number of ether oxygens (including phenoxy) is 3. The lowest BCUT2D eigenvalue weighted by atomic mass is 9.95. The van der Waals surface area contributed by atoms with Gasteiger partial charge in [-0.15, -0.1) is 0 Å². The Labute approximate surface area is 229 Å². The number of hydrogen-bond donors (Lipinski definition) is 1. The number of allylic oxidation sites excluding steroid dienone is 1. The molecule has 0 bridgehead atoms. The van der Waals surface area contributed by atoms with Gasteiger partial charge in [-0.05, 0) is 36.3 Å². The van der Waals surface area contributed by atoms with E-state index in [1.807, 2.05) is 30.3 Å². The van der Waals surface area contributed by atoms with Gasteiger partial charge < -0.3 is 19.3 Å². The van der Waals surface area contributed by atoms with Crippen LogP contribution in [0.1, 0.15) is 32.5 Å². The molecule has 1 N–H and O–H groups in total. The number of aliphatic hydroxyl groups is 1. The van der Waals surface area contributed by atoms with Gasteiger partial charge >= 0.3 is 5.97 Å². The molecule has 200 valence electrons. The van der Waals surface area contributed by atoms with Crippen LogP contribution in [0.2, 0.25) is 0 Å². The smallest absolute Gasteiger partial charge is 0.350 e. The number of amides is 1. The van der Waals surface area contributed by atoms with Gasteiger partial charge in [-0.3, -0.25) is 14.5 Å². The molecule has 0 aliphatic carbocycles. The third kappa shape index (κ3) is 5.46. The Morgan fingerprint density at radius 3 is 2.51 bits per heavy atom. The maximum absolute atomic E-state index is 13.5. The molecule has 3 aromatic rings. The number of aliphatic hydroxyl groups excluding tert-OH is 1. The number of hydrogen-bond acceptors (Lipinski definition) is 9. The highest BCUT2D eigenvalue weighted by molar-refractivity contribution is 7.17. The van der Waals surface area contributed by atoms with E-state index in [0.29, 0.717) is 22.8 Å². The SMILES string of the molecule is C=CCOC(=O)c1sc(N2C(=O)C(O)=C(C(=O)/C=C/c3ccccc3)[C@H]2c2ccc(OC)c(OC)c2)nc1C. The molecule has 1 aliphatic heterocycles. The molecule has 9 nitrogen and oxygen atoms in total. The average Bonchev–Trinajstić information content (AvgIpc) is 3.46. The molecule has 0 fully saturated rings. The molecule has 2 aromatic carbocycles. The Bertz CT molecular complexity index is 1490. The van der Waals surface area contributed by atoms with Gasteiger partial charge in [0.1, 0.15) is 11.5 Å². The van der Waals surface area contributed by atoms with E-state index < -0.39 is 29.5 Å². The van der Waals surface area contributed by atoms with Crippen LogP contribution in [0.4, 0.5) is 5.13 Å². The maximum Gasteiger partial charge on any atom is 0.350 e. The second-order valence-electron chi connectivity index (χ2n) is 8.36. The Morgan fingerprint density at radius 1 is 1.13 bits per heavy atom. The van der Waals surface area contributed by atoms with Crippen molar-refractivity contribution >= 4 is 40.2 Å². The Hall–Kier alpha value is -4.70. The first kappa shape index (κ1) is 27.3. The molecule has 2 heterocycles. The molecule has 1 amide bonds. The zero-order valence-electron chi connectivity index (χ0n) is 21.5. The highest BCUT2D eigenvalue weighted by Crippen LogP contribution is 2.44. The summed E-state index contributed by atoms with van der Waals surface area (Å²) in [5.41, 5.74) is 1.44. The van der Waals surface area contributed by atoms with Gasteiger partial charge in [0.2, 0.25) is 0 Å². The van der Waals surface area contributed by atoms with Crippen molar-refractivity contribution in [1.82, 2.24) is 4.98 Å². The number of ketones is 1. The zero-order chi connectivity index (χ0) is 28.1. The molecule has 1 atom stereocenters. The fourth-order valence-corrected chi connectivity index (χ4v) is 5.08. The number of anilines is 1. The van der Waals surface area contributed by atoms with Crippen LogP contribution in [0.5, 0.6) is 11.5 Å². The molecule has 0 spiro atoms. The third-order valence-electron chi connectivity index (χ3n) is 5.93. The van der Waals surface area contributed by atoms with E-state index in [1.54, 1.807) is 31.2 Å². The van der Waals surface area contributed by atoms with Crippen LogP contribution in [0.15, 0.2) is 78.6 Å². The fourth-order valence-electron chi connectivity index (χ4n) is 4.09. The van der Waals surface area contributed by atoms with Crippen molar-refractivity contribution in [3.63, 3.8) is 0 Å². The van der Waals surface area contributed by atoms with Crippen molar-refractivity contribution in [3.05, 3.63) is 100 Å². The number of aromatic nitrogens is 1. The third-order valence-corrected chi connectivity index (χ3v) is 7.07. The van der Waals surface area contributed by atoms with Gasteiger partial charge in [0.15, 0.2) is 28.2 Å². The molecule has 39 heavy (non-hydrogen) atoms. The molecule has 0 unspecified atom stereocenters. The highest BCUT2D eigenvalue weighted by Gasteiger charge is 2.45. The lowest BCUT2D eigenvalue weighted by Crippen LogP contribution is -2.30. The summed E-state index contributed by atoms with van der Waals surface area (Å²) < 4.78 is 15.9. The monoisotopic (exact) mass is 546 g/mol. The molecule has 0 saturated heterocycles. The van der Waals surface area contributed by atoms with Crippen molar-refractivity contribution in [3.8, 4) is 11.5 Å². The summed E-state index contributed by atoms with van der Waals surface area (Å²) in [5, 5.41) is 11.1. The number of rotatable bonds is 10. The summed E-state index contributed by atoms with van der Waals surface area (Å²) in [6.45, 7) is 5.15. The summed E-state index contributed by atoms with van der Waals surface area (Å²) >= 11 is 0.923. The summed E-state index contributed by atoms with van der Waals surface area (Å²) in [6, 6.07) is 13.0. The lowest BCUT2D eigenvalue weighted by molar-refractivity contribution is -0.117.